The van der Waals surface area contributed by atoms with Crippen LogP contribution in [0, 0.1) is 10.1 Å². The number of morpholine rings is 1. The maximum absolute atomic E-state index is 11.4. The van der Waals surface area contributed by atoms with Crippen molar-refractivity contribution in [2.75, 3.05) is 13.2 Å². The normalized spacial score (nSPS) is 23.6. The summed E-state index contributed by atoms with van der Waals surface area (Å²) in [6, 6.07) is 4.60. The molecule has 0 aromatic heterocycles. The van der Waals surface area contributed by atoms with E-state index in [1.807, 2.05) is 0 Å². The first-order chi connectivity index (χ1) is 8.40. The summed E-state index contributed by atoms with van der Waals surface area (Å²) in [5.41, 5.74) is -0.138. The summed E-state index contributed by atoms with van der Waals surface area (Å²) in [6.07, 6.45) is 0. The summed E-state index contributed by atoms with van der Waals surface area (Å²) in [7, 11) is 0. The van der Waals surface area contributed by atoms with Crippen LogP contribution in [0.1, 0.15) is 12.5 Å². The monoisotopic (exact) mass is 314 g/mol. The van der Waals surface area contributed by atoms with Crippen LogP contribution in [-0.2, 0) is 15.1 Å². The SMILES string of the molecule is CC1(c2cc(Br)cc([N+](=O)[O-])c2)COCC(=O)N1. The van der Waals surface area contributed by atoms with Crippen LogP contribution in [-0.4, -0.2) is 24.0 Å². The number of ether oxygens (including phenoxy) is 1. The third-order valence-corrected chi connectivity index (χ3v) is 3.23. The molecule has 1 fully saturated rings. The first-order valence-corrected chi connectivity index (χ1v) is 6.04. The van der Waals surface area contributed by atoms with E-state index >= 15 is 0 Å². The molecular weight excluding hydrogens is 304 g/mol. The van der Waals surface area contributed by atoms with Crippen molar-refractivity contribution in [2.45, 2.75) is 12.5 Å². The molecule has 1 aliphatic heterocycles. The number of nitro benzene ring substituents is 1. The highest BCUT2D eigenvalue weighted by atomic mass is 79.9. The third-order valence-electron chi connectivity index (χ3n) is 2.77. The molecule has 1 heterocycles. The number of nitrogens with zero attached hydrogens (tertiary/aromatic N) is 1. The van der Waals surface area contributed by atoms with E-state index in [1.54, 1.807) is 13.0 Å². The lowest BCUT2D eigenvalue weighted by atomic mass is 9.91. The van der Waals surface area contributed by atoms with Crippen molar-refractivity contribution >= 4 is 27.5 Å². The van der Waals surface area contributed by atoms with Crippen LogP contribution < -0.4 is 5.32 Å². The fourth-order valence-electron chi connectivity index (χ4n) is 1.88. The summed E-state index contributed by atoms with van der Waals surface area (Å²) >= 11 is 3.23. The Morgan fingerprint density at radius 1 is 1.50 bits per heavy atom. The second-order valence-electron chi connectivity index (χ2n) is 4.33. The van der Waals surface area contributed by atoms with E-state index < -0.39 is 10.5 Å². The quantitative estimate of drug-likeness (QED) is 0.665. The summed E-state index contributed by atoms with van der Waals surface area (Å²) in [6.45, 7) is 2.08. The Balaban J connectivity index is 2.43. The predicted molar refractivity (Wildman–Crippen MR) is 67.1 cm³/mol. The molecular formula is C11H11BrN2O4. The zero-order valence-corrected chi connectivity index (χ0v) is 11.2. The molecule has 1 aromatic carbocycles. The maximum Gasteiger partial charge on any atom is 0.270 e. The van der Waals surface area contributed by atoms with Crippen LogP contribution in [0.5, 0.6) is 0 Å². The molecule has 96 valence electrons. The molecule has 0 spiro atoms. The highest BCUT2D eigenvalue weighted by Crippen LogP contribution is 2.30. The molecule has 1 unspecified atom stereocenters. The summed E-state index contributed by atoms with van der Waals surface area (Å²) in [5.74, 6) is -0.230. The Labute approximate surface area is 112 Å². The van der Waals surface area contributed by atoms with Gasteiger partial charge in [0.1, 0.15) is 6.61 Å². The molecule has 1 N–H and O–H groups in total. The van der Waals surface area contributed by atoms with Crippen LogP contribution in [0.15, 0.2) is 22.7 Å². The summed E-state index contributed by atoms with van der Waals surface area (Å²) in [5, 5.41) is 13.6. The molecule has 7 heteroatoms. The number of rotatable bonds is 2. The lowest BCUT2D eigenvalue weighted by Gasteiger charge is -2.34. The zero-order chi connectivity index (χ0) is 13.3. The molecule has 1 amide bonds. The van der Waals surface area contributed by atoms with Gasteiger partial charge in [0.25, 0.3) is 5.69 Å². The number of non-ortho nitro benzene ring substituents is 1. The maximum atomic E-state index is 11.4. The van der Waals surface area contributed by atoms with Gasteiger partial charge in [0.15, 0.2) is 0 Å². The molecule has 18 heavy (non-hydrogen) atoms. The standard InChI is InChI=1S/C11H11BrN2O4/c1-11(6-18-5-10(15)13-11)7-2-8(12)4-9(3-7)14(16)17/h2-4H,5-6H2,1H3,(H,13,15). The number of hydrogen-bond acceptors (Lipinski definition) is 4. The first kappa shape index (κ1) is 13.0. The number of hydrogen-bond donors (Lipinski definition) is 1. The van der Waals surface area contributed by atoms with Crippen molar-refractivity contribution < 1.29 is 14.5 Å². The van der Waals surface area contributed by atoms with Gasteiger partial charge in [-0.1, -0.05) is 15.9 Å². The lowest BCUT2D eigenvalue weighted by Crippen LogP contribution is -2.52. The van der Waals surface area contributed by atoms with Gasteiger partial charge in [-0.25, -0.2) is 0 Å². The van der Waals surface area contributed by atoms with E-state index in [4.69, 9.17) is 4.74 Å². The lowest BCUT2D eigenvalue weighted by molar-refractivity contribution is -0.385. The van der Waals surface area contributed by atoms with Crippen LogP contribution in [0.25, 0.3) is 0 Å². The van der Waals surface area contributed by atoms with E-state index in [9.17, 15) is 14.9 Å². The van der Waals surface area contributed by atoms with Crippen LogP contribution in [0.4, 0.5) is 5.69 Å². The minimum Gasteiger partial charge on any atom is -0.369 e. The van der Waals surface area contributed by atoms with Gasteiger partial charge in [-0.15, -0.1) is 0 Å². The van der Waals surface area contributed by atoms with Gasteiger partial charge < -0.3 is 10.1 Å². The molecule has 6 nitrogen and oxygen atoms in total. The molecule has 0 saturated carbocycles. The average Bonchev–Trinajstić information content (AvgIpc) is 2.27. The molecule has 0 bridgehead atoms. The van der Waals surface area contributed by atoms with Crippen molar-refractivity contribution in [1.29, 1.82) is 0 Å². The van der Waals surface area contributed by atoms with Crippen LogP contribution in [0.2, 0.25) is 0 Å². The van der Waals surface area contributed by atoms with Gasteiger partial charge in [0.2, 0.25) is 5.91 Å². The third kappa shape index (κ3) is 2.51. The van der Waals surface area contributed by atoms with E-state index in [1.165, 1.54) is 12.1 Å². The smallest absolute Gasteiger partial charge is 0.270 e. The summed E-state index contributed by atoms with van der Waals surface area (Å²) in [4.78, 5) is 21.7. The minimum absolute atomic E-state index is 0.0195. The predicted octanol–water partition coefficient (Wildman–Crippen LogP) is 1.72. The highest BCUT2D eigenvalue weighted by molar-refractivity contribution is 9.10. The average molecular weight is 315 g/mol. The number of nitro groups is 1. The van der Waals surface area contributed by atoms with Gasteiger partial charge >= 0.3 is 0 Å². The first-order valence-electron chi connectivity index (χ1n) is 5.25. The Kier molecular flexibility index (Phi) is 3.36. The van der Waals surface area contributed by atoms with Crippen molar-refractivity contribution in [1.82, 2.24) is 5.32 Å². The highest BCUT2D eigenvalue weighted by Gasteiger charge is 2.34. The topological polar surface area (TPSA) is 81.5 Å². The molecule has 1 saturated heterocycles. The van der Waals surface area contributed by atoms with Crippen molar-refractivity contribution in [3.8, 4) is 0 Å². The minimum atomic E-state index is -0.746. The number of nitrogens with one attached hydrogen (secondary N) is 1. The van der Waals surface area contributed by atoms with E-state index in [-0.39, 0.29) is 24.8 Å². The van der Waals surface area contributed by atoms with Gasteiger partial charge in [-0.2, -0.15) is 0 Å². The largest absolute Gasteiger partial charge is 0.369 e. The Bertz CT molecular complexity index is 520. The molecule has 0 radical (unpaired) electrons. The van der Waals surface area contributed by atoms with Crippen molar-refractivity contribution in [2.24, 2.45) is 0 Å². The van der Waals surface area contributed by atoms with Crippen LogP contribution >= 0.6 is 15.9 Å². The molecule has 2 rings (SSSR count). The molecule has 1 aromatic rings. The van der Waals surface area contributed by atoms with Gasteiger partial charge in [0, 0.05) is 16.6 Å². The number of benzene rings is 1. The number of carbonyl (C=O) groups is 1. The molecule has 0 aliphatic carbocycles. The Hall–Kier alpha value is -1.47. The van der Waals surface area contributed by atoms with E-state index in [0.29, 0.717) is 10.0 Å². The number of amides is 1. The van der Waals surface area contributed by atoms with Crippen molar-refractivity contribution in [3.05, 3.63) is 38.3 Å². The fraction of sp³-hybridized carbons (Fsp3) is 0.364. The van der Waals surface area contributed by atoms with Gasteiger partial charge in [-0.05, 0) is 18.6 Å². The van der Waals surface area contributed by atoms with Crippen molar-refractivity contribution in [3.63, 3.8) is 0 Å². The van der Waals surface area contributed by atoms with Gasteiger partial charge in [0.05, 0.1) is 17.1 Å². The summed E-state index contributed by atoms with van der Waals surface area (Å²) < 4.78 is 5.79. The van der Waals surface area contributed by atoms with E-state index in [2.05, 4.69) is 21.2 Å². The number of carbonyl (C=O) groups excluding carboxylic acids is 1. The number of halogens is 1. The Morgan fingerprint density at radius 3 is 2.83 bits per heavy atom. The molecule has 1 aliphatic rings. The molecule has 1 atom stereocenters. The van der Waals surface area contributed by atoms with E-state index in [0.717, 1.165) is 0 Å². The zero-order valence-electron chi connectivity index (χ0n) is 9.60. The second kappa shape index (κ2) is 4.66. The Morgan fingerprint density at radius 2 is 2.22 bits per heavy atom. The van der Waals surface area contributed by atoms with Gasteiger partial charge in [-0.3, -0.25) is 14.9 Å². The second-order valence-corrected chi connectivity index (χ2v) is 5.24. The fourth-order valence-corrected chi connectivity index (χ4v) is 2.36. The van der Waals surface area contributed by atoms with Crippen LogP contribution in [0.3, 0.4) is 0 Å².